The van der Waals surface area contributed by atoms with Gasteiger partial charge in [0.15, 0.2) is 0 Å². The maximum Gasteiger partial charge on any atom is 0.240 e. The molecule has 9 heteroatoms. The first-order valence-corrected chi connectivity index (χ1v) is 11.7. The number of nitrogens with zero attached hydrogens (tertiary/aromatic N) is 2. The molecule has 0 aliphatic rings. The van der Waals surface area contributed by atoms with E-state index in [9.17, 15) is 8.42 Å². The quantitative estimate of drug-likeness (QED) is 0.463. The van der Waals surface area contributed by atoms with Crippen molar-refractivity contribution in [3.8, 4) is 22.2 Å². The van der Waals surface area contributed by atoms with Crippen LogP contribution in [0.4, 0.5) is 0 Å². The molecule has 0 aliphatic heterocycles. The predicted molar refractivity (Wildman–Crippen MR) is 113 cm³/mol. The van der Waals surface area contributed by atoms with Gasteiger partial charge in [0, 0.05) is 12.6 Å². The number of thiophene rings is 1. The SMILES string of the molecule is CCCCOc1ccc(S(=O)(=O)NCCOc2ccc(-c3cccs3)nn2)cc1. The predicted octanol–water partition coefficient (Wildman–Crippen LogP) is 3.74. The number of hydrogen-bond acceptors (Lipinski definition) is 7. The number of unbranched alkanes of at least 4 members (excludes halogenated alkanes) is 1. The average Bonchev–Trinajstić information content (AvgIpc) is 3.27. The molecule has 0 spiro atoms. The molecule has 2 aromatic heterocycles. The third kappa shape index (κ3) is 6.25. The molecule has 2 heterocycles. The van der Waals surface area contributed by atoms with Gasteiger partial charge < -0.3 is 9.47 Å². The van der Waals surface area contributed by atoms with Gasteiger partial charge in [-0.05, 0) is 48.2 Å². The van der Waals surface area contributed by atoms with Crippen molar-refractivity contribution < 1.29 is 17.9 Å². The number of nitrogens with one attached hydrogen (secondary N) is 1. The Labute approximate surface area is 174 Å². The van der Waals surface area contributed by atoms with Gasteiger partial charge >= 0.3 is 0 Å². The van der Waals surface area contributed by atoms with Crippen LogP contribution in [0.15, 0.2) is 58.8 Å². The molecule has 0 saturated heterocycles. The molecule has 3 rings (SSSR count). The van der Waals surface area contributed by atoms with E-state index in [2.05, 4.69) is 21.8 Å². The molecule has 0 radical (unpaired) electrons. The fourth-order valence-electron chi connectivity index (χ4n) is 2.42. The molecule has 0 amide bonds. The topological polar surface area (TPSA) is 90.4 Å². The Bertz CT molecular complexity index is 974. The lowest BCUT2D eigenvalue weighted by Crippen LogP contribution is -2.28. The van der Waals surface area contributed by atoms with Gasteiger partial charge in [0.1, 0.15) is 18.1 Å². The number of hydrogen-bond donors (Lipinski definition) is 1. The highest BCUT2D eigenvalue weighted by Gasteiger charge is 2.13. The lowest BCUT2D eigenvalue weighted by atomic mass is 10.3. The molecule has 0 saturated carbocycles. The van der Waals surface area contributed by atoms with Crippen LogP contribution in [0.1, 0.15) is 19.8 Å². The van der Waals surface area contributed by atoms with Crippen LogP contribution in [0.25, 0.3) is 10.6 Å². The van der Waals surface area contributed by atoms with Crippen LogP contribution in [0, 0.1) is 0 Å². The lowest BCUT2D eigenvalue weighted by molar-refractivity contribution is 0.307. The summed E-state index contributed by atoms with van der Waals surface area (Å²) in [6, 6.07) is 13.8. The summed E-state index contributed by atoms with van der Waals surface area (Å²) in [5, 5.41) is 10.1. The van der Waals surface area contributed by atoms with Gasteiger partial charge in [0.2, 0.25) is 15.9 Å². The summed E-state index contributed by atoms with van der Waals surface area (Å²) in [6.45, 7) is 2.96. The summed E-state index contributed by atoms with van der Waals surface area (Å²) in [6.07, 6.45) is 2.01. The normalized spacial score (nSPS) is 11.3. The standard InChI is InChI=1S/C20H23N3O4S2/c1-2-3-13-26-16-6-8-17(9-7-16)29(24,25)21-12-14-27-20-11-10-18(22-23-20)19-5-4-15-28-19/h4-11,15,21H,2-3,12-14H2,1H3. The molecule has 0 aliphatic carbocycles. The van der Waals surface area contributed by atoms with Crippen molar-refractivity contribution in [3.05, 3.63) is 53.9 Å². The minimum Gasteiger partial charge on any atom is -0.494 e. The lowest BCUT2D eigenvalue weighted by Gasteiger charge is -2.09. The van der Waals surface area contributed by atoms with E-state index in [1.807, 2.05) is 23.6 Å². The van der Waals surface area contributed by atoms with E-state index in [0.717, 1.165) is 23.4 Å². The molecule has 0 atom stereocenters. The monoisotopic (exact) mass is 433 g/mol. The van der Waals surface area contributed by atoms with Gasteiger partial charge in [-0.2, -0.15) is 0 Å². The second-order valence-electron chi connectivity index (χ2n) is 6.15. The minimum atomic E-state index is -3.61. The van der Waals surface area contributed by atoms with Crippen molar-refractivity contribution in [2.45, 2.75) is 24.7 Å². The second-order valence-corrected chi connectivity index (χ2v) is 8.87. The Morgan fingerprint density at radius 3 is 2.48 bits per heavy atom. The van der Waals surface area contributed by atoms with Crippen LogP contribution in [0.5, 0.6) is 11.6 Å². The van der Waals surface area contributed by atoms with Crippen LogP contribution >= 0.6 is 11.3 Å². The van der Waals surface area contributed by atoms with E-state index in [0.29, 0.717) is 18.2 Å². The highest BCUT2D eigenvalue weighted by atomic mass is 32.2. The summed E-state index contributed by atoms with van der Waals surface area (Å²) >= 11 is 1.58. The number of sulfonamides is 1. The van der Waals surface area contributed by atoms with Crippen LogP contribution < -0.4 is 14.2 Å². The first-order valence-electron chi connectivity index (χ1n) is 9.31. The smallest absolute Gasteiger partial charge is 0.240 e. The fraction of sp³-hybridized carbons (Fsp3) is 0.300. The number of benzene rings is 1. The zero-order valence-corrected chi connectivity index (χ0v) is 17.7. The van der Waals surface area contributed by atoms with Crippen molar-refractivity contribution in [3.63, 3.8) is 0 Å². The van der Waals surface area contributed by atoms with Gasteiger partial charge in [-0.3, -0.25) is 0 Å². The van der Waals surface area contributed by atoms with Gasteiger partial charge in [0.05, 0.1) is 16.4 Å². The van der Waals surface area contributed by atoms with Crippen molar-refractivity contribution in [1.29, 1.82) is 0 Å². The molecular weight excluding hydrogens is 410 g/mol. The van der Waals surface area contributed by atoms with Crippen molar-refractivity contribution >= 4 is 21.4 Å². The molecule has 1 N–H and O–H groups in total. The number of rotatable bonds is 11. The maximum absolute atomic E-state index is 12.4. The van der Waals surface area contributed by atoms with Gasteiger partial charge in [0.25, 0.3) is 0 Å². The van der Waals surface area contributed by atoms with Crippen molar-refractivity contribution in [2.75, 3.05) is 19.8 Å². The molecule has 7 nitrogen and oxygen atoms in total. The van der Waals surface area contributed by atoms with E-state index in [1.54, 1.807) is 29.5 Å². The third-order valence-corrected chi connectivity index (χ3v) is 6.33. The Kier molecular flexibility index (Phi) is 7.56. The highest BCUT2D eigenvalue weighted by Crippen LogP contribution is 2.22. The second kappa shape index (κ2) is 10.3. The fourth-order valence-corrected chi connectivity index (χ4v) is 4.12. The van der Waals surface area contributed by atoms with Gasteiger partial charge in [-0.25, -0.2) is 13.1 Å². The van der Waals surface area contributed by atoms with Crippen molar-refractivity contribution in [1.82, 2.24) is 14.9 Å². The average molecular weight is 434 g/mol. The third-order valence-electron chi connectivity index (χ3n) is 3.96. The molecular formula is C20H23N3O4S2. The molecule has 0 bridgehead atoms. The maximum atomic E-state index is 12.4. The summed E-state index contributed by atoms with van der Waals surface area (Å²) in [5.74, 6) is 1.00. The zero-order valence-electron chi connectivity index (χ0n) is 16.1. The van der Waals surface area contributed by atoms with Crippen LogP contribution in [0.2, 0.25) is 0 Å². The Morgan fingerprint density at radius 1 is 1.00 bits per heavy atom. The van der Waals surface area contributed by atoms with Crippen molar-refractivity contribution in [2.24, 2.45) is 0 Å². The van der Waals surface area contributed by atoms with Crippen LogP contribution in [0.3, 0.4) is 0 Å². The van der Waals surface area contributed by atoms with Gasteiger partial charge in [-0.1, -0.05) is 19.4 Å². The zero-order chi connectivity index (χ0) is 20.5. The van der Waals surface area contributed by atoms with E-state index in [1.165, 1.54) is 12.1 Å². The summed E-state index contributed by atoms with van der Waals surface area (Å²) in [5.41, 5.74) is 0.773. The molecule has 3 aromatic rings. The van der Waals surface area contributed by atoms with Crippen LogP contribution in [-0.2, 0) is 10.0 Å². The van der Waals surface area contributed by atoms with Crippen LogP contribution in [-0.4, -0.2) is 38.4 Å². The van der Waals surface area contributed by atoms with E-state index in [-0.39, 0.29) is 18.0 Å². The van der Waals surface area contributed by atoms with Gasteiger partial charge in [-0.15, -0.1) is 21.5 Å². The minimum absolute atomic E-state index is 0.117. The summed E-state index contributed by atoms with van der Waals surface area (Å²) < 4.78 is 38.2. The summed E-state index contributed by atoms with van der Waals surface area (Å²) in [7, 11) is -3.61. The van der Waals surface area contributed by atoms with E-state index >= 15 is 0 Å². The first kappa shape index (κ1) is 21.2. The molecule has 1 aromatic carbocycles. The highest BCUT2D eigenvalue weighted by molar-refractivity contribution is 7.89. The molecule has 154 valence electrons. The molecule has 0 unspecified atom stereocenters. The number of aromatic nitrogens is 2. The Balaban J connectivity index is 1.45. The first-order chi connectivity index (χ1) is 14.1. The number of ether oxygens (including phenoxy) is 2. The molecule has 29 heavy (non-hydrogen) atoms. The Hall–Kier alpha value is -2.49. The molecule has 0 fully saturated rings. The van der Waals surface area contributed by atoms with E-state index in [4.69, 9.17) is 9.47 Å². The van der Waals surface area contributed by atoms with E-state index < -0.39 is 10.0 Å². The summed E-state index contributed by atoms with van der Waals surface area (Å²) in [4.78, 5) is 1.21. The Morgan fingerprint density at radius 2 is 1.83 bits per heavy atom. The largest absolute Gasteiger partial charge is 0.494 e.